The molecule has 1 N–H and O–H groups in total. The van der Waals surface area contributed by atoms with Gasteiger partial charge >= 0.3 is 5.69 Å². The predicted molar refractivity (Wildman–Crippen MR) is 168 cm³/mol. The molecule has 0 amide bonds. The molecule has 11 heteroatoms. The monoisotopic (exact) mass is 594 g/mol. The van der Waals surface area contributed by atoms with Gasteiger partial charge in [0.05, 0.1) is 12.9 Å². The zero-order valence-electron chi connectivity index (χ0n) is 24.4. The van der Waals surface area contributed by atoms with Crippen molar-refractivity contribution in [3.8, 4) is 0 Å². The molecule has 0 radical (unpaired) electrons. The van der Waals surface area contributed by atoms with Crippen LogP contribution in [0.4, 0.5) is 0 Å². The molecule has 1 aromatic heterocycles. The van der Waals surface area contributed by atoms with Gasteiger partial charge in [0.2, 0.25) is 0 Å². The van der Waals surface area contributed by atoms with E-state index in [0.29, 0.717) is 12.0 Å². The topological polar surface area (TPSA) is 98.1 Å². The SMILES string of the molecule is Cc1cn([C@H]2C[C@H](OC(=S)/N=C/N(C)C)[C@@H](CO[Si](c3ccccc3)(c3ccccc3)C(C)(C)C)O2)c(=O)[nH]c1=O. The number of hydrogen-bond donors (Lipinski definition) is 1. The number of nitrogens with one attached hydrogen (secondary N) is 1. The molecular formula is C30H38N4O5SSi. The average Bonchev–Trinajstić information content (AvgIpc) is 3.32. The second kappa shape index (κ2) is 12.6. The fourth-order valence-electron chi connectivity index (χ4n) is 5.24. The summed E-state index contributed by atoms with van der Waals surface area (Å²) in [5.41, 5.74) is -0.572. The molecule has 4 rings (SSSR count). The number of hydrogen-bond acceptors (Lipinski definition) is 6. The molecule has 218 valence electrons. The van der Waals surface area contributed by atoms with Crippen LogP contribution in [-0.2, 0) is 13.9 Å². The van der Waals surface area contributed by atoms with Crippen molar-refractivity contribution in [3.05, 3.63) is 93.3 Å². The fourth-order valence-corrected chi connectivity index (χ4v) is 9.98. The molecule has 1 aliphatic rings. The molecule has 41 heavy (non-hydrogen) atoms. The maximum atomic E-state index is 12.7. The molecular weight excluding hydrogens is 557 g/mol. The summed E-state index contributed by atoms with van der Waals surface area (Å²) in [6.45, 7) is 8.47. The predicted octanol–water partition coefficient (Wildman–Crippen LogP) is 2.97. The molecule has 0 unspecified atom stereocenters. The van der Waals surface area contributed by atoms with Crippen LogP contribution >= 0.6 is 12.2 Å². The van der Waals surface area contributed by atoms with Gasteiger partial charge in [0, 0.05) is 32.3 Å². The Labute approximate surface area is 246 Å². The lowest BCUT2D eigenvalue weighted by Gasteiger charge is -2.43. The van der Waals surface area contributed by atoms with Crippen LogP contribution in [0.5, 0.6) is 0 Å². The third kappa shape index (κ3) is 6.75. The number of H-pyrrole nitrogens is 1. The summed E-state index contributed by atoms with van der Waals surface area (Å²) in [7, 11) is 0.813. The number of aryl methyl sites for hydroxylation is 1. The zero-order valence-corrected chi connectivity index (χ0v) is 26.2. The van der Waals surface area contributed by atoms with Crippen molar-refractivity contribution in [3.63, 3.8) is 0 Å². The maximum Gasteiger partial charge on any atom is 0.330 e. The Bertz CT molecular complexity index is 1440. The first-order valence-corrected chi connectivity index (χ1v) is 15.9. The van der Waals surface area contributed by atoms with Crippen molar-refractivity contribution in [2.75, 3.05) is 20.7 Å². The largest absolute Gasteiger partial charge is 0.463 e. The quantitative estimate of drug-likeness (QED) is 0.185. The number of thiocarbonyl (C=S) groups is 1. The summed E-state index contributed by atoms with van der Waals surface area (Å²) >= 11 is 5.40. The second-order valence-corrected chi connectivity index (χ2v) is 16.1. The number of rotatable bonds is 8. The molecule has 2 heterocycles. The van der Waals surface area contributed by atoms with Crippen LogP contribution in [0.25, 0.3) is 0 Å². The number of aromatic nitrogens is 2. The Morgan fingerprint density at radius 3 is 2.24 bits per heavy atom. The van der Waals surface area contributed by atoms with Gasteiger partial charge in [-0.05, 0) is 34.6 Å². The molecule has 1 fully saturated rings. The molecule has 1 saturated heterocycles. The minimum absolute atomic E-state index is 0.0633. The maximum absolute atomic E-state index is 12.7. The Morgan fingerprint density at radius 2 is 1.71 bits per heavy atom. The average molecular weight is 595 g/mol. The van der Waals surface area contributed by atoms with Gasteiger partial charge in [-0.2, -0.15) is 4.99 Å². The summed E-state index contributed by atoms with van der Waals surface area (Å²) in [5, 5.41) is 2.12. The molecule has 0 aliphatic carbocycles. The van der Waals surface area contributed by atoms with Crippen molar-refractivity contribution >= 4 is 42.4 Å². The smallest absolute Gasteiger partial charge is 0.330 e. The van der Waals surface area contributed by atoms with Crippen molar-refractivity contribution in [1.82, 2.24) is 14.5 Å². The second-order valence-electron chi connectivity index (χ2n) is 11.4. The van der Waals surface area contributed by atoms with Crippen LogP contribution in [0.1, 0.15) is 39.0 Å². The van der Waals surface area contributed by atoms with E-state index >= 15 is 0 Å². The number of aliphatic imine (C=N–C) groups is 1. The third-order valence-corrected chi connectivity index (χ3v) is 12.4. The zero-order chi connectivity index (χ0) is 29.8. The molecule has 0 spiro atoms. The van der Waals surface area contributed by atoms with Crippen molar-refractivity contribution in [2.24, 2.45) is 4.99 Å². The Morgan fingerprint density at radius 1 is 1.12 bits per heavy atom. The van der Waals surface area contributed by atoms with Crippen LogP contribution in [0.2, 0.25) is 5.04 Å². The van der Waals surface area contributed by atoms with Crippen LogP contribution in [0, 0.1) is 6.92 Å². The lowest BCUT2D eigenvalue weighted by molar-refractivity contribution is -0.0403. The minimum atomic E-state index is -2.87. The van der Waals surface area contributed by atoms with Gasteiger partial charge in [0.1, 0.15) is 18.4 Å². The summed E-state index contributed by atoms with van der Waals surface area (Å²) in [6, 6.07) is 20.7. The van der Waals surface area contributed by atoms with Gasteiger partial charge in [0.25, 0.3) is 19.1 Å². The normalized spacial score (nSPS) is 19.4. The van der Waals surface area contributed by atoms with E-state index in [4.69, 9.17) is 26.1 Å². The van der Waals surface area contributed by atoms with Gasteiger partial charge in [-0.25, -0.2) is 4.79 Å². The van der Waals surface area contributed by atoms with Gasteiger partial charge in [-0.3, -0.25) is 14.3 Å². The van der Waals surface area contributed by atoms with Crippen LogP contribution in [0.3, 0.4) is 0 Å². The van der Waals surface area contributed by atoms with E-state index < -0.39 is 38.0 Å². The molecule has 3 aromatic rings. The first kappa shape index (κ1) is 30.6. The molecule has 3 atom stereocenters. The van der Waals surface area contributed by atoms with E-state index in [0.717, 1.165) is 10.4 Å². The number of benzene rings is 2. The Hall–Kier alpha value is -3.38. The van der Waals surface area contributed by atoms with E-state index in [-0.39, 0.29) is 16.8 Å². The molecule has 1 aliphatic heterocycles. The van der Waals surface area contributed by atoms with E-state index in [9.17, 15) is 9.59 Å². The van der Waals surface area contributed by atoms with E-state index in [1.807, 2.05) is 50.5 Å². The first-order chi connectivity index (χ1) is 19.4. The van der Waals surface area contributed by atoms with Gasteiger partial charge in [0.15, 0.2) is 0 Å². The highest BCUT2D eigenvalue weighted by molar-refractivity contribution is 7.80. The Kier molecular flexibility index (Phi) is 9.43. The summed E-state index contributed by atoms with van der Waals surface area (Å²) in [5.74, 6) is 0. The number of nitrogens with zero attached hydrogens (tertiary/aromatic N) is 3. The highest BCUT2D eigenvalue weighted by Crippen LogP contribution is 2.38. The molecule has 0 bridgehead atoms. The van der Waals surface area contributed by atoms with E-state index in [1.54, 1.807) is 18.2 Å². The molecule has 2 aromatic carbocycles. The minimum Gasteiger partial charge on any atom is -0.463 e. The lowest BCUT2D eigenvalue weighted by atomic mass is 10.2. The fraction of sp³-hybridized carbons (Fsp3) is 0.400. The van der Waals surface area contributed by atoms with Gasteiger partial charge < -0.3 is 18.8 Å². The Balaban J connectivity index is 1.71. The van der Waals surface area contributed by atoms with E-state index in [2.05, 4.69) is 55.0 Å². The van der Waals surface area contributed by atoms with Crippen molar-refractivity contribution in [2.45, 2.75) is 57.6 Å². The van der Waals surface area contributed by atoms with Crippen LogP contribution < -0.4 is 21.6 Å². The molecule has 9 nitrogen and oxygen atoms in total. The molecule has 0 saturated carbocycles. The summed E-state index contributed by atoms with van der Waals surface area (Å²) in [4.78, 5) is 33.0. The van der Waals surface area contributed by atoms with E-state index in [1.165, 1.54) is 10.8 Å². The first-order valence-electron chi connectivity index (χ1n) is 13.6. The highest BCUT2D eigenvalue weighted by Gasteiger charge is 2.51. The summed E-state index contributed by atoms with van der Waals surface area (Å²) < 4.78 is 21.1. The van der Waals surface area contributed by atoms with Crippen molar-refractivity contribution < 1.29 is 13.9 Å². The standard InChI is InChI=1S/C30H38N4O5SSi/c1-21-18-34(28(36)32-27(21)35)26-17-24(39-29(40)31-20-33(5)6)25(38-26)19-37-41(30(2,3)4,22-13-9-7-10-14-22)23-15-11-8-12-16-23/h7-16,18,20,24-26H,17,19H2,1-6H3,(H,32,35,36)/b31-20+/t24-,25+,26+/m0/s1. The number of ether oxygens (including phenoxy) is 2. The van der Waals surface area contributed by atoms with Crippen molar-refractivity contribution in [1.29, 1.82) is 0 Å². The third-order valence-electron chi connectivity index (χ3n) is 7.16. The highest BCUT2D eigenvalue weighted by atomic mass is 32.1. The van der Waals surface area contributed by atoms with Crippen LogP contribution in [-0.4, -0.2) is 67.2 Å². The van der Waals surface area contributed by atoms with Gasteiger partial charge in [-0.15, -0.1) is 0 Å². The summed E-state index contributed by atoms with van der Waals surface area (Å²) in [6.07, 6.45) is 1.61. The van der Waals surface area contributed by atoms with Crippen LogP contribution in [0.15, 0.2) is 81.4 Å². The lowest BCUT2D eigenvalue weighted by Crippen LogP contribution is -2.67. The van der Waals surface area contributed by atoms with Gasteiger partial charge in [-0.1, -0.05) is 81.4 Å². The number of aromatic amines is 1.